The Morgan fingerprint density at radius 1 is 1.16 bits per heavy atom. The second-order valence-corrected chi connectivity index (χ2v) is 8.74. The van der Waals surface area contributed by atoms with Gasteiger partial charge in [-0.2, -0.15) is 5.10 Å². The average Bonchev–Trinajstić information content (AvgIpc) is 3.40. The molecule has 0 saturated heterocycles. The highest BCUT2D eigenvalue weighted by Crippen LogP contribution is 2.36. The van der Waals surface area contributed by atoms with Crippen LogP contribution in [-0.2, 0) is 11.3 Å². The number of thiophene rings is 1. The van der Waals surface area contributed by atoms with Gasteiger partial charge in [-0.15, -0.1) is 11.3 Å². The number of nitrogens with zero attached hydrogens (tertiary/aromatic N) is 2. The van der Waals surface area contributed by atoms with Gasteiger partial charge >= 0.3 is 5.97 Å². The molecule has 0 radical (unpaired) electrons. The monoisotopic (exact) mass is 482 g/mol. The first-order valence-corrected chi connectivity index (χ1v) is 11.2. The summed E-state index contributed by atoms with van der Waals surface area (Å²) < 4.78 is 6.71. The number of ether oxygens (including phenoxy) is 1. The van der Waals surface area contributed by atoms with Crippen LogP contribution < -0.4 is 10.6 Å². The molecule has 2 aromatic heterocycles. The molecule has 0 spiro atoms. The number of carbonyl (C=O) groups is 1. The number of methoxy groups -OCH3 is 1. The molecule has 4 aromatic rings. The van der Waals surface area contributed by atoms with Crippen molar-refractivity contribution in [2.24, 2.45) is 0 Å². The van der Waals surface area contributed by atoms with Crippen LogP contribution in [0.15, 0.2) is 73.1 Å². The third kappa shape index (κ3) is 5.34. The molecule has 2 N–H and O–H groups in total. The van der Waals surface area contributed by atoms with Gasteiger partial charge in [0.1, 0.15) is 5.00 Å². The van der Waals surface area contributed by atoms with Crippen molar-refractivity contribution >= 4 is 56.9 Å². The Bertz CT molecular complexity index is 1250. The maximum absolute atomic E-state index is 12.3. The van der Waals surface area contributed by atoms with Crippen LogP contribution in [0.5, 0.6) is 0 Å². The van der Waals surface area contributed by atoms with E-state index in [0.717, 1.165) is 21.7 Å². The molecule has 2 heterocycles. The van der Waals surface area contributed by atoms with Gasteiger partial charge in [-0.25, -0.2) is 4.79 Å². The first-order valence-electron chi connectivity index (χ1n) is 9.64. The fourth-order valence-corrected chi connectivity index (χ4v) is 4.61. The smallest absolute Gasteiger partial charge is 0.340 e. The second-order valence-electron chi connectivity index (χ2n) is 6.85. The molecule has 162 valence electrons. The molecule has 0 aliphatic heterocycles. The molecule has 6 nitrogen and oxygen atoms in total. The summed E-state index contributed by atoms with van der Waals surface area (Å²) in [7, 11) is 1.36. The zero-order valence-corrected chi connectivity index (χ0v) is 19.4. The first-order chi connectivity index (χ1) is 15.5. The van der Waals surface area contributed by atoms with E-state index in [1.165, 1.54) is 18.4 Å². The maximum atomic E-state index is 12.3. The molecule has 0 aliphatic rings. The molecule has 0 bridgehead atoms. The predicted octanol–water partition coefficient (Wildman–Crippen LogP) is 5.91. The number of rotatable bonds is 6. The third-order valence-electron chi connectivity index (χ3n) is 4.55. The van der Waals surface area contributed by atoms with Crippen LogP contribution in [0.1, 0.15) is 15.9 Å². The van der Waals surface area contributed by atoms with Gasteiger partial charge in [0.05, 0.1) is 30.4 Å². The van der Waals surface area contributed by atoms with E-state index in [-0.39, 0.29) is 0 Å². The van der Waals surface area contributed by atoms with Gasteiger partial charge in [0.15, 0.2) is 5.11 Å². The van der Waals surface area contributed by atoms with E-state index >= 15 is 0 Å². The molecule has 4 rings (SSSR count). The summed E-state index contributed by atoms with van der Waals surface area (Å²) in [5, 5.41) is 12.1. The van der Waals surface area contributed by atoms with E-state index in [1.54, 1.807) is 17.1 Å². The number of hydrogen-bond acceptors (Lipinski definition) is 5. The van der Waals surface area contributed by atoms with Crippen LogP contribution in [0.25, 0.3) is 10.4 Å². The van der Waals surface area contributed by atoms with Gasteiger partial charge < -0.3 is 15.4 Å². The quantitative estimate of drug-likeness (QED) is 0.263. The molecule has 0 atom stereocenters. The van der Waals surface area contributed by atoms with E-state index in [4.69, 9.17) is 28.6 Å². The molecule has 32 heavy (non-hydrogen) atoms. The average molecular weight is 483 g/mol. The molecule has 0 saturated carbocycles. The topological polar surface area (TPSA) is 68.2 Å². The number of nitrogens with one attached hydrogen (secondary N) is 2. The van der Waals surface area contributed by atoms with E-state index < -0.39 is 5.97 Å². The SMILES string of the molecule is COC(=O)c1cc(-c2ccccc2)sc1NC(=S)Nc1cccc(Cn2cc(Cl)cn2)c1. The fraction of sp³-hybridized carbons (Fsp3) is 0.0870. The van der Waals surface area contributed by atoms with Crippen LogP contribution >= 0.6 is 35.2 Å². The molecule has 2 aromatic carbocycles. The van der Waals surface area contributed by atoms with Crippen LogP contribution in [0.4, 0.5) is 10.7 Å². The molecule has 0 aliphatic carbocycles. The number of anilines is 2. The van der Waals surface area contributed by atoms with Crippen molar-refractivity contribution in [3.05, 3.63) is 89.2 Å². The lowest BCUT2D eigenvalue weighted by molar-refractivity contribution is 0.0602. The summed E-state index contributed by atoms with van der Waals surface area (Å²) in [6.07, 6.45) is 3.37. The Balaban J connectivity index is 1.50. The van der Waals surface area contributed by atoms with E-state index in [1.807, 2.05) is 60.7 Å². The molecular weight excluding hydrogens is 464 g/mol. The minimum Gasteiger partial charge on any atom is -0.465 e. The summed E-state index contributed by atoms with van der Waals surface area (Å²) in [5.74, 6) is -0.423. The van der Waals surface area contributed by atoms with E-state index in [2.05, 4.69) is 15.7 Å². The Labute approximate surface area is 199 Å². The summed E-state index contributed by atoms with van der Waals surface area (Å²) >= 11 is 12.9. The summed E-state index contributed by atoms with van der Waals surface area (Å²) in [6, 6.07) is 19.5. The Morgan fingerprint density at radius 3 is 2.69 bits per heavy atom. The van der Waals surface area contributed by atoms with Crippen LogP contribution in [-0.4, -0.2) is 28.0 Å². The molecular formula is C23H19ClN4O2S2. The van der Waals surface area contributed by atoms with Crippen molar-refractivity contribution in [2.75, 3.05) is 17.7 Å². The van der Waals surface area contributed by atoms with Crippen LogP contribution in [0, 0.1) is 0 Å². The molecule has 0 fully saturated rings. The lowest BCUT2D eigenvalue weighted by Gasteiger charge is -2.11. The lowest BCUT2D eigenvalue weighted by atomic mass is 10.1. The number of hydrogen-bond donors (Lipinski definition) is 2. The highest BCUT2D eigenvalue weighted by atomic mass is 35.5. The van der Waals surface area contributed by atoms with E-state index in [0.29, 0.717) is 27.2 Å². The van der Waals surface area contributed by atoms with Crippen LogP contribution in [0.3, 0.4) is 0 Å². The summed E-state index contributed by atoms with van der Waals surface area (Å²) in [4.78, 5) is 13.2. The van der Waals surface area contributed by atoms with Gasteiger partial charge in [0, 0.05) is 16.8 Å². The Kier molecular flexibility index (Phi) is 6.84. The number of halogens is 1. The number of carbonyl (C=O) groups excluding carboxylic acids is 1. The largest absolute Gasteiger partial charge is 0.465 e. The summed E-state index contributed by atoms with van der Waals surface area (Å²) in [5.41, 5.74) is 3.30. The van der Waals surface area contributed by atoms with Gasteiger partial charge in [-0.3, -0.25) is 4.68 Å². The van der Waals surface area contributed by atoms with E-state index in [9.17, 15) is 4.79 Å². The lowest BCUT2D eigenvalue weighted by Crippen LogP contribution is -2.20. The molecule has 0 unspecified atom stereocenters. The van der Waals surface area contributed by atoms with Gasteiger partial charge in [0.25, 0.3) is 0 Å². The number of aromatic nitrogens is 2. The van der Waals surface area contributed by atoms with Gasteiger partial charge in [-0.05, 0) is 41.5 Å². The second kappa shape index (κ2) is 9.95. The number of benzene rings is 2. The van der Waals surface area contributed by atoms with Crippen molar-refractivity contribution in [3.63, 3.8) is 0 Å². The highest BCUT2D eigenvalue weighted by Gasteiger charge is 2.18. The van der Waals surface area contributed by atoms with Crippen molar-refractivity contribution in [2.45, 2.75) is 6.54 Å². The molecule has 9 heteroatoms. The van der Waals surface area contributed by atoms with Gasteiger partial charge in [0.2, 0.25) is 0 Å². The van der Waals surface area contributed by atoms with Crippen molar-refractivity contribution in [3.8, 4) is 10.4 Å². The number of thiocarbonyl (C=S) groups is 1. The zero-order valence-electron chi connectivity index (χ0n) is 17.0. The van der Waals surface area contributed by atoms with Crippen molar-refractivity contribution < 1.29 is 9.53 Å². The Morgan fingerprint density at radius 2 is 1.97 bits per heavy atom. The summed E-state index contributed by atoms with van der Waals surface area (Å²) in [6.45, 7) is 0.584. The molecule has 0 amide bonds. The maximum Gasteiger partial charge on any atom is 0.340 e. The highest BCUT2D eigenvalue weighted by molar-refractivity contribution is 7.80. The van der Waals surface area contributed by atoms with Crippen LogP contribution in [0.2, 0.25) is 5.02 Å². The zero-order chi connectivity index (χ0) is 22.5. The normalized spacial score (nSPS) is 10.6. The number of esters is 1. The first kappa shape index (κ1) is 22.0. The van der Waals surface area contributed by atoms with Crippen molar-refractivity contribution in [1.82, 2.24) is 9.78 Å². The minimum atomic E-state index is -0.423. The minimum absolute atomic E-state index is 0.371. The predicted molar refractivity (Wildman–Crippen MR) is 134 cm³/mol. The van der Waals surface area contributed by atoms with Crippen molar-refractivity contribution in [1.29, 1.82) is 0 Å². The Hall–Kier alpha value is -3.20. The standard InChI is InChI=1S/C23H19ClN4O2S2/c1-30-22(29)19-11-20(16-7-3-2-4-8-16)32-21(19)27-23(31)26-18-9-5-6-15(10-18)13-28-14-17(24)12-25-28/h2-12,14H,13H2,1H3,(H2,26,27,31). The fourth-order valence-electron chi connectivity index (χ4n) is 3.11. The van der Waals surface area contributed by atoms with Gasteiger partial charge in [-0.1, -0.05) is 54.1 Å². The third-order valence-corrected chi connectivity index (χ3v) is 6.05.